The van der Waals surface area contributed by atoms with Gasteiger partial charge in [-0.1, -0.05) is 54.5 Å². The highest BCUT2D eigenvalue weighted by Gasteiger charge is 2.27. The van der Waals surface area contributed by atoms with E-state index in [1.54, 1.807) is 0 Å². The van der Waals surface area contributed by atoms with Crippen LogP contribution in [0.2, 0.25) is 0 Å². The van der Waals surface area contributed by atoms with Gasteiger partial charge in [-0.25, -0.2) is 0 Å². The number of rotatable bonds is 8. The lowest BCUT2D eigenvalue weighted by Crippen LogP contribution is -2.42. The quantitative estimate of drug-likeness (QED) is 0.609. The van der Waals surface area contributed by atoms with Crippen LogP contribution in [0.5, 0.6) is 5.75 Å². The van der Waals surface area contributed by atoms with E-state index in [4.69, 9.17) is 4.74 Å². The predicted molar refractivity (Wildman–Crippen MR) is 116 cm³/mol. The zero-order valence-corrected chi connectivity index (χ0v) is 18.3. The van der Waals surface area contributed by atoms with Crippen molar-refractivity contribution in [1.82, 2.24) is 15.1 Å². The minimum atomic E-state index is -0.177. The Labute approximate surface area is 175 Å². The van der Waals surface area contributed by atoms with Crippen molar-refractivity contribution in [2.75, 3.05) is 19.0 Å². The molecular weight excluding hydrogens is 392 g/mol. The molecule has 0 bridgehead atoms. The average Bonchev–Trinajstić information content (AvgIpc) is 3.16. The Bertz CT molecular complexity index is 777. The molecular formula is C20H28N4O2S2. The maximum atomic E-state index is 12.8. The molecule has 0 saturated heterocycles. The van der Waals surface area contributed by atoms with Gasteiger partial charge < -0.3 is 15.0 Å². The number of carbonyl (C=O) groups excluding carboxylic acids is 1. The van der Waals surface area contributed by atoms with E-state index >= 15 is 0 Å². The summed E-state index contributed by atoms with van der Waals surface area (Å²) in [5, 5.41) is 12.2. The standard InChI is InChI=1S/C20H28N4O2S2/c1-4-26-17-13-9-8-12-16(17)21-19-22-23-20(28-19)27-14(2)18(25)24(3)15-10-6-5-7-11-15/h8-9,12-15H,4-7,10-11H2,1-3H3,(H,21,22). The number of hydrogen-bond acceptors (Lipinski definition) is 7. The first kappa shape index (κ1) is 20.9. The molecule has 1 fully saturated rings. The Hall–Kier alpha value is -1.80. The van der Waals surface area contributed by atoms with E-state index in [-0.39, 0.29) is 11.2 Å². The van der Waals surface area contributed by atoms with Crippen molar-refractivity contribution >= 4 is 39.8 Å². The number of amides is 1. The van der Waals surface area contributed by atoms with Gasteiger partial charge in [0.15, 0.2) is 4.34 Å². The minimum absolute atomic E-state index is 0.170. The zero-order chi connectivity index (χ0) is 19.9. The summed E-state index contributed by atoms with van der Waals surface area (Å²) in [6.45, 7) is 4.51. The van der Waals surface area contributed by atoms with Crippen molar-refractivity contribution in [3.05, 3.63) is 24.3 Å². The van der Waals surface area contributed by atoms with Crippen LogP contribution in [0.25, 0.3) is 0 Å². The van der Waals surface area contributed by atoms with Crippen LogP contribution in [0, 0.1) is 0 Å². The molecule has 1 N–H and O–H groups in total. The number of hydrogen-bond donors (Lipinski definition) is 1. The first-order chi connectivity index (χ1) is 13.6. The first-order valence-electron chi connectivity index (χ1n) is 9.84. The summed E-state index contributed by atoms with van der Waals surface area (Å²) < 4.78 is 6.42. The summed E-state index contributed by atoms with van der Waals surface area (Å²) in [6, 6.07) is 8.14. The van der Waals surface area contributed by atoms with Crippen molar-refractivity contribution in [3.63, 3.8) is 0 Å². The third-order valence-electron chi connectivity index (χ3n) is 4.93. The first-order valence-corrected chi connectivity index (χ1v) is 11.5. The molecule has 1 saturated carbocycles. The molecule has 1 heterocycles. The number of ether oxygens (including phenoxy) is 1. The Balaban J connectivity index is 1.58. The number of nitrogens with zero attached hydrogens (tertiary/aromatic N) is 3. The van der Waals surface area contributed by atoms with Gasteiger partial charge in [0.2, 0.25) is 11.0 Å². The van der Waals surface area contributed by atoms with E-state index in [1.807, 2.05) is 50.1 Å². The molecule has 28 heavy (non-hydrogen) atoms. The zero-order valence-electron chi connectivity index (χ0n) is 16.7. The monoisotopic (exact) mass is 420 g/mol. The molecule has 1 unspecified atom stereocenters. The van der Waals surface area contributed by atoms with Crippen LogP contribution >= 0.6 is 23.1 Å². The number of benzene rings is 1. The molecule has 1 aliphatic rings. The summed E-state index contributed by atoms with van der Waals surface area (Å²) >= 11 is 2.92. The van der Waals surface area contributed by atoms with Crippen LogP contribution in [0.3, 0.4) is 0 Å². The molecule has 152 valence electrons. The van der Waals surface area contributed by atoms with E-state index in [9.17, 15) is 4.79 Å². The van der Waals surface area contributed by atoms with Crippen molar-refractivity contribution in [2.45, 2.75) is 61.6 Å². The largest absolute Gasteiger partial charge is 0.492 e. The van der Waals surface area contributed by atoms with Gasteiger partial charge in [-0.3, -0.25) is 4.79 Å². The molecule has 1 atom stereocenters. The Morgan fingerprint density at radius 3 is 2.82 bits per heavy atom. The van der Waals surface area contributed by atoms with Crippen molar-refractivity contribution < 1.29 is 9.53 Å². The second-order valence-electron chi connectivity index (χ2n) is 6.93. The molecule has 0 radical (unpaired) electrons. The number of para-hydroxylation sites is 2. The topological polar surface area (TPSA) is 67.3 Å². The Kier molecular flexibility index (Phi) is 7.56. The SMILES string of the molecule is CCOc1ccccc1Nc1nnc(SC(C)C(=O)N(C)C2CCCCC2)s1. The van der Waals surface area contributed by atoms with Crippen LogP contribution in [0.15, 0.2) is 28.6 Å². The lowest BCUT2D eigenvalue weighted by Gasteiger charge is -2.32. The number of nitrogens with one attached hydrogen (secondary N) is 1. The van der Waals surface area contributed by atoms with Crippen LogP contribution in [0.1, 0.15) is 46.0 Å². The lowest BCUT2D eigenvalue weighted by molar-refractivity contribution is -0.131. The van der Waals surface area contributed by atoms with Crippen LogP contribution in [-0.4, -0.2) is 46.0 Å². The van der Waals surface area contributed by atoms with E-state index in [0.717, 1.165) is 28.6 Å². The molecule has 1 aliphatic carbocycles. The van der Waals surface area contributed by atoms with E-state index in [1.165, 1.54) is 42.4 Å². The highest BCUT2D eigenvalue weighted by molar-refractivity contribution is 8.02. The molecule has 3 rings (SSSR count). The van der Waals surface area contributed by atoms with Gasteiger partial charge in [0.25, 0.3) is 0 Å². The predicted octanol–water partition coefficient (Wildman–Crippen LogP) is 4.95. The molecule has 1 aromatic heterocycles. The average molecular weight is 421 g/mol. The second-order valence-corrected chi connectivity index (χ2v) is 9.49. The normalized spacial score (nSPS) is 15.8. The fraction of sp³-hybridized carbons (Fsp3) is 0.550. The van der Waals surface area contributed by atoms with Gasteiger partial charge in [-0.2, -0.15) is 0 Å². The van der Waals surface area contributed by atoms with Gasteiger partial charge in [0.1, 0.15) is 5.75 Å². The van der Waals surface area contributed by atoms with Crippen molar-refractivity contribution in [1.29, 1.82) is 0 Å². The minimum Gasteiger partial charge on any atom is -0.492 e. The summed E-state index contributed by atoms with van der Waals surface area (Å²) in [5.74, 6) is 0.954. The Morgan fingerprint density at radius 1 is 1.32 bits per heavy atom. The number of aromatic nitrogens is 2. The third kappa shape index (κ3) is 5.38. The highest BCUT2D eigenvalue weighted by atomic mass is 32.2. The lowest BCUT2D eigenvalue weighted by atomic mass is 9.94. The fourth-order valence-electron chi connectivity index (χ4n) is 3.41. The molecule has 2 aromatic rings. The van der Waals surface area contributed by atoms with E-state index < -0.39 is 0 Å². The van der Waals surface area contributed by atoms with Crippen molar-refractivity contribution in [3.8, 4) is 5.75 Å². The number of thioether (sulfide) groups is 1. The summed E-state index contributed by atoms with van der Waals surface area (Å²) in [5.41, 5.74) is 0.859. The molecule has 1 aromatic carbocycles. The van der Waals surface area contributed by atoms with Gasteiger partial charge in [0.05, 0.1) is 17.5 Å². The summed E-state index contributed by atoms with van der Waals surface area (Å²) in [6.07, 6.45) is 5.96. The molecule has 0 spiro atoms. The summed E-state index contributed by atoms with van der Waals surface area (Å²) in [7, 11) is 1.94. The smallest absolute Gasteiger partial charge is 0.235 e. The maximum absolute atomic E-state index is 12.8. The van der Waals surface area contributed by atoms with E-state index in [2.05, 4.69) is 15.5 Å². The van der Waals surface area contributed by atoms with Crippen LogP contribution < -0.4 is 10.1 Å². The van der Waals surface area contributed by atoms with Crippen molar-refractivity contribution in [2.24, 2.45) is 0 Å². The molecule has 0 aliphatic heterocycles. The van der Waals surface area contributed by atoms with Gasteiger partial charge >= 0.3 is 0 Å². The highest BCUT2D eigenvalue weighted by Crippen LogP contribution is 2.34. The molecule has 6 nitrogen and oxygen atoms in total. The fourth-order valence-corrected chi connectivity index (χ4v) is 5.42. The van der Waals surface area contributed by atoms with Gasteiger partial charge in [-0.05, 0) is 38.8 Å². The number of anilines is 2. The van der Waals surface area contributed by atoms with E-state index in [0.29, 0.717) is 17.8 Å². The molecule has 1 amide bonds. The molecule has 8 heteroatoms. The van der Waals surface area contributed by atoms with Gasteiger partial charge in [0, 0.05) is 13.1 Å². The number of carbonyl (C=O) groups is 1. The second kappa shape index (κ2) is 10.1. The third-order valence-corrected chi connectivity index (χ3v) is 6.94. The maximum Gasteiger partial charge on any atom is 0.235 e. The van der Waals surface area contributed by atoms with Crippen LogP contribution in [0.4, 0.5) is 10.8 Å². The van der Waals surface area contributed by atoms with Crippen LogP contribution in [-0.2, 0) is 4.79 Å². The Morgan fingerprint density at radius 2 is 2.07 bits per heavy atom. The van der Waals surface area contributed by atoms with Gasteiger partial charge in [-0.15, -0.1) is 10.2 Å². The summed E-state index contributed by atoms with van der Waals surface area (Å²) in [4.78, 5) is 14.7.